The zero-order valence-electron chi connectivity index (χ0n) is 21.3. The Hall–Kier alpha value is -2.47. The van der Waals surface area contributed by atoms with Gasteiger partial charge in [-0.1, -0.05) is 61.4 Å². The standard InChI is InChI=1S/C24H36N4O6S2/c1-6-16-21(30)28-20(14(4)5)24(33)34-15-9-7-8-10-35-36-12-17(22(31)25-16)26-23(32)19(13(2)3)27-18(29)11-15/h6-7,9,13-15,17,19-20H,8,10-12H2,1-5H3,(H,25,31)(H,26,32)(H,27,29)(H,28,30)/b9-7+,16-6-/t15-,17?,19-,20+/m1/s1. The second-order valence-corrected chi connectivity index (χ2v) is 11.9. The number of esters is 1. The van der Waals surface area contributed by atoms with Crippen LogP contribution in [-0.2, 0) is 28.7 Å². The second-order valence-electron chi connectivity index (χ2n) is 9.24. The first-order chi connectivity index (χ1) is 17.0. The number of fused-ring (bicyclic) bond motifs is 7. The molecule has 1 saturated heterocycles. The summed E-state index contributed by atoms with van der Waals surface area (Å²) in [5.41, 5.74) is -0.0445. The summed E-state index contributed by atoms with van der Waals surface area (Å²) in [7, 11) is 2.95. The Balaban J connectivity index is 2.55. The minimum Gasteiger partial charge on any atom is -0.456 e. The lowest BCUT2D eigenvalue weighted by molar-refractivity contribution is -0.153. The van der Waals surface area contributed by atoms with Gasteiger partial charge in [0, 0.05) is 11.5 Å². The first-order valence-corrected chi connectivity index (χ1v) is 14.5. The Bertz CT molecular complexity index is 905. The van der Waals surface area contributed by atoms with Gasteiger partial charge in [0.05, 0.1) is 6.42 Å². The maximum atomic E-state index is 13.2. The van der Waals surface area contributed by atoms with Crippen LogP contribution in [0.5, 0.6) is 0 Å². The lowest BCUT2D eigenvalue weighted by Crippen LogP contribution is -2.57. The van der Waals surface area contributed by atoms with Crippen molar-refractivity contribution in [2.24, 2.45) is 11.8 Å². The summed E-state index contributed by atoms with van der Waals surface area (Å²) in [6, 6.07) is -2.86. The third kappa shape index (κ3) is 8.88. The van der Waals surface area contributed by atoms with Crippen molar-refractivity contribution in [3.8, 4) is 0 Å². The number of carbonyl (C=O) groups excluding carboxylic acids is 5. The number of amides is 4. The van der Waals surface area contributed by atoms with E-state index in [2.05, 4.69) is 21.3 Å². The highest BCUT2D eigenvalue weighted by Gasteiger charge is 2.33. The van der Waals surface area contributed by atoms with Gasteiger partial charge in [-0.3, -0.25) is 19.2 Å². The van der Waals surface area contributed by atoms with Gasteiger partial charge in [0.1, 0.15) is 29.9 Å². The van der Waals surface area contributed by atoms with Crippen molar-refractivity contribution in [2.75, 3.05) is 11.5 Å². The molecule has 0 aromatic rings. The van der Waals surface area contributed by atoms with Crippen molar-refractivity contribution < 1.29 is 28.7 Å². The zero-order chi connectivity index (χ0) is 26.8. The summed E-state index contributed by atoms with van der Waals surface area (Å²) in [6.07, 6.45) is 4.51. The van der Waals surface area contributed by atoms with E-state index < -0.39 is 53.8 Å². The van der Waals surface area contributed by atoms with Crippen LogP contribution in [0.2, 0.25) is 0 Å². The minimum atomic E-state index is -1.00. The Labute approximate surface area is 220 Å². The summed E-state index contributed by atoms with van der Waals surface area (Å²) >= 11 is 0. The first kappa shape index (κ1) is 29.8. The molecule has 1 unspecified atom stereocenters. The molecule has 0 aromatic heterocycles. The van der Waals surface area contributed by atoms with Gasteiger partial charge in [-0.25, -0.2) is 4.79 Å². The van der Waals surface area contributed by atoms with E-state index in [1.807, 2.05) is 6.08 Å². The van der Waals surface area contributed by atoms with E-state index in [-0.39, 0.29) is 29.7 Å². The minimum absolute atomic E-state index is 0.0445. The number of carbonyl (C=O) groups is 5. The fourth-order valence-electron chi connectivity index (χ4n) is 3.50. The summed E-state index contributed by atoms with van der Waals surface area (Å²) in [5.74, 6) is -2.54. The molecule has 2 rings (SSSR count). The van der Waals surface area contributed by atoms with Crippen molar-refractivity contribution >= 4 is 51.2 Å². The van der Waals surface area contributed by atoms with Gasteiger partial charge in [-0.15, -0.1) is 0 Å². The monoisotopic (exact) mass is 540 g/mol. The smallest absolute Gasteiger partial charge is 0.329 e. The molecule has 1 fully saturated rings. The van der Waals surface area contributed by atoms with Crippen LogP contribution in [0.1, 0.15) is 47.5 Å². The van der Waals surface area contributed by atoms with Crippen molar-refractivity contribution in [3.05, 3.63) is 23.9 Å². The van der Waals surface area contributed by atoms with E-state index >= 15 is 0 Å². The first-order valence-electron chi connectivity index (χ1n) is 12.0. The average Bonchev–Trinajstić information content (AvgIpc) is 2.81. The highest BCUT2D eigenvalue weighted by molar-refractivity contribution is 8.76. The fraction of sp³-hybridized carbons (Fsp3) is 0.625. The van der Waals surface area contributed by atoms with E-state index in [0.717, 1.165) is 0 Å². The Morgan fingerprint density at radius 3 is 2.28 bits per heavy atom. The SMILES string of the molecule is C/C=C1\NC(=O)C2CSSCC/C=C/[C@H](CC(=O)N[C@H](C(C)C)C(=O)N2)OC(=O)[C@H](C(C)C)NC1=O. The highest BCUT2D eigenvalue weighted by atomic mass is 33.1. The molecule has 200 valence electrons. The molecule has 36 heavy (non-hydrogen) atoms. The number of ether oxygens (including phenoxy) is 1. The fourth-order valence-corrected chi connectivity index (χ4v) is 5.66. The van der Waals surface area contributed by atoms with Crippen LogP contribution in [-0.4, -0.2) is 65.3 Å². The summed E-state index contributed by atoms with van der Waals surface area (Å²) < 4.78 is 5.65. The molecule has 2 aliphatic rings. The summed E-state index contributed by atoms with van der Waals surface area (Å²) in [6.45, 7) is 8.66. The predicted molar refractivity (Wildman–Crippen MR) is 141 cm³/mol. The molecule has 12 heteroatoms. The van der Waals surface area contributed by atoms with Gasteiger partial charge in [-0.2, -0.15) is 0 Å². The average molecular weight is 541 g/mol. The van der Waals surface area contributed by atoms with E-state index in [1.165, 1.54) is 27.7 Å². The number of allylic oxidation sites excluding steroid dienone is 2. The van der Waals surface area contributed by atoms with E-state index in [9.17, 15) is 24.0 Å². The Morgan fingerprint density at radius 2 is 1.64 bits per heavy atom. The molecule has 0 saturated carbocycles. The maximum Gasteiger partial charge on any atom is 0.329 e. The third-order valence-electron chi connectivity index (χ3n) is 5.59. The topological polar surface area (TPSA) is 143 Å². The molecule has 2 aliphatic heterocycles. The van der Waals surface area contributed by atoms with Crippen LogP contribution in [0.25, 0.3) is 0 Å². The molecule has 10 nitrogen and oxygen atoms in total. The van der Waals surface area contributed by atoms with E-state index in [4.69, 9.17) is 4.74 Å². The Morgan fingerprint density at radius 1 is 0.944 bits per heavy atom. The molecule has 0 aromatic carbocycles. The van der Waals surface area contributed by atoms with Crippen LogP contribution in [0.3, 0.4) is 0 Å². The van der Waals surface area contributed by atoms with Crippen molar-refractivity contribution in [1.82, 2.24) is 21.3 Å². The molecular weight excluding hydrogens is 504 g/mol. The van der Waals surface area contributed by atoms with Crippen molar-refractivity contribution in [2.45, 2.75) is 71.7 Å². The van der Waals surface area contributed by atoms with Crippen molar-refractivity contribution in [1.29, 1.82) is 0 Å². The highest BCUT2D eigenvalue weighted by Crippen LogP contribution is 2.24. The van der Waals surface area contributed by atoms with Gasteiger partial charge < -0.3 is 26.0 Å². The quantitative estimate of drug-likeness (QED) is 0.178. The number of hydrogen-bond donors (Lipinski definition) is 4. The normalized spacial score (nSPS) is 29.6. The van der Waals surface area contributed by atoms with Crippen LogP contribution in [0.15, 0.2) is 23.9 Å². The molecule has 0 spiro atoms. The van der Waals surface area contributed by atoms with Gasteiger partial charge in [0.25, 0.3) is 5.91 Å². The van der Waals surface area contributed by atoms with E-state index in [0.29, 0.717) is 12.2 Å². The Kier molecular flexibility index (Phi) is 11.8. The predicted octanol–water partition coefficient (Wildman–Crippen LogP) is 1.43. The summed E-state index contributed by atoms with van der Waals surface area (Å²) in [5, 5.41) is 10.7. The lowest BCUT2D eigenvalue weighted by atomic mass is 10.0. The zero-order valence-corrected chi connectivity index (χ0v) is 22.9. The number of hydrogen-bond acceptors (Lipinski definition) is 8. The van der Waals surface area contributed by atoms with Crippen LogP contribution in [0.4, 0.5) is 0 Å². The molecular formula is C24H36N4O6S2. The molecule has 2 heterocycles. The van der Waals surface area contributed by atoms with E-state index in [1.54, 1.807) is 40.7 Å². The van der Waals surface area contributed by atoms with Crippen molar-refractivity contribution in [3.63, 3.8) is 0 Å². The van der Waals surface area contributed by atoms with Gasteiger partial charge in [0.2, 0.25) is 17.7 Å². The molecule has 0 aliphatic carbocycles. The largest absolute Gasteiger partial charge is 0.456 e. The van der Waals surface area contributed by atoms with Gasteiger partial charge >= 0.3 is 5.97 Å². The van der Waals surface area contributed by atoms with Crippen LogP contribution < -0.4 is 21.3 Å². The number of rotatable bonds is 2. The van der Waals surface area contributed by atoms with Gasteiger partial charge in [0.15, 0.2) is 0 Å². The molecule has 2 bridgehead atoms. The van der Waals surface area contributed by atoms with Gasteiger partial charge in [-0.05, 0) is 31.3 Å². The lowest BCUT2D eigenvalue weighted by Gasteiger charge is -2.27. The molecule has 4 N–H and O–H groups in total. The molecule has 4 atom stereocenters. The van der Waals surface area contributed by atoms with Crippen LogP contribution in [0, 0.1) is 11.8 Å². The molecule has 0 radical (unpaired) electrons. The van der Waals surface area contributed by atoms with Crippen LogP contribution >= 0.6 is 21.6 Å². The molecule has 4 amide bonds. The maximum absolute atomic E-state index is 13.2. The summed E-state index contributed by atoms with van der Waals surface area (Å²) in [4.78, 5) is 65.2. The third-order valence-corrected chi connectivity index (χ3v) is 8.03. The number of nitrogens with one attached hydrogen (secondary N) is 4. The second kappa shape index (κ2) is 14.3.